The van der Waals surface area contributed by atoms with Gasteiger partial charge in [0.05, 0.1) is 6.61 Å². The lowest BCUT2D eigenvalue weighted by Crippen LogP contribution is -2.39. The number of hydrogen-bond acceptors (Lipinski definition) is 5. The average molecular weight is 394 g/mol. The van der Waals surface area contributed by atoms with Gasteiger partial charge in [-0.1, -0.05) is 0 Å². The van der Waals surface area contributed by atoms with E-state index in [-0.39, 0.29) is 6.09 Å². The Morgan fingerprint density at radius 2 is 2.10 bits per heavy atom. The quantitative estimate of drug-likeness (QED) is 0.735. The van der Waals surface area contributed by atoms with E-state index < -0.39 is 0 Å². The van der Waals surface area contributed by atoms with Crippen molar-refractivity contribution in [3.05, 3.63) is 42.6 Å². The number of H-pyrrole nitrogens is 1. The molecule has 2 aromatic heterocycles. The number of ether oxygens (including phenoxy) is 1. The van der Waals surface area contributed by atoms with Crippen LogP contribution in [-0.4, -0.2) is 74.5 Å². The molecular formula is C21H26N6O2. The second-order valence-electron chi connectivity index (χ2n) is 8.10. The van der Waals surface area contributed by atoms with Crippen LogP contribution in [0.25, 0.3) is 16.6 Å². The van der Waals surface area contributed by atoms with Crippen molar-refractivity contribution < 1.29 is 9.53 Å². The Balaban J connectivity index is 1.32. The lowest BCUT2D eigenvalue weighted by molar-refractivity contribution is 0.109. The second-order valence-corrected chi connectivity index (χ2v) is 8.10. The van der Waals surface area contributed by atoms with E-state index in [2.05, 4.69) is 51.5 Å². The van der Waals surface area contributed by atoms with Gasteiger partial charge in [-0.3, -0.25) is 9.47 Å². The summed E-state index contributed by atoms with van der Waals surface area (Å²) in [5, 5.41) is 9.06. The number of nitrogens with one attached hydrogen (secondary N) is 1. The Hall–Kier alpha value is -2.87. The van der Waals surface area contributed by atoms with Gasteiger partial charge in [0.1, 0.15) is 12.7 Å². The summed E-state index contributed by atoms with van der Waals surface area (Å²) >= 11 is 0. The predicted molar refractivity (Wildman–Crippen MR) is 109 cm³/mol. The highest BCUT2D eigenvalue weighted by molar-refractivity contribution is 5.85. The second kappa shape index (κ2) is 7.18. The highest BCUT2D eigenvalue weighted by Crippen LogP contribution is 2.37. The molecule has 3 aromatic rings. The molecule has 1 amide bonds. The van der Waals surface area contributed by atoms with E-state index in [1.165, 1.54) is 10.9 Å². The number of aromatic nitrogens is 4. The number of amides is 1. The summed E-state index contributed by atoms with van der Waals surface area (Å²) in [7, 11) is 2.20. The molecule has 0 radical (unpaired) electrons. The van der Waals surface area contributed by atoms with E-state index in [1.807, 2.05) is 16.4 Å². The minimum atomic E-state index is -0.176. The van der Waals surface area contributed by atoms with Crippen LogP contribution in [0.2, 0.25) is 0 Å². The molecule has 2 aliphatic rings. The zero-order valence-electron chi connectivity index (χ0n) is 16.8. The molecule has 1 aromatic carbocycles. The van der Waals surface area contributed by atoms with E-state index in [0.717, 1.165) is 37.1 Å². The number of rotatable bonds is 4. The van der Waals surface area contributed by atoms with Crippen LogP contribution in [0.4, 0.5) is 4.79 Å². The zero-order valence-corrected chi connectivity index (χ0v) is 16.8. The molecule has 5 rings (SSSR count). The number of aromatic amines is 1. The maximum absolute atomic E-state index is 12.1. The van der Waals surface area contributed by atoms with Gasteiger partial charge in [-0.05, 0) is 56.5 Å². The third-order valence-electron chi connectivity index (χ3n) is 6.53. The third-order valence-corrected chi connectivity index (χ3v) is 6.53. The van der Waals surface area contributed by atoms with Gasteiger partial charge in [0.2, 0.25) is 0 Å². The molecule has 2 saturated heterocycles. The van der Waals surface area contributed by atoms with Crippen LogP contribution in [0.15, 0.2) is 37.1 Å². The summed E-state index contributed by atoms with van der Waals surface area (Å²) in [5.41, 5.74) is 3.53. The summed E-state index contributed by atoms with van der Waals surface area (Å²) in [6.07, 6.45) is 7.49. The summed E-state index contributed by atoms with van der Waals surface area (Å²) in [5.74, 6) is 0.521. The van der Waals surface area contributed by atoms with Crippen molar-refractivity contribution in [2.24, 2.45) is 5.92 Å². The Bertz CT molecular complexity index is 1010. The van der Waals surface area contributed by atoms with Gasteiger partial charge in [-0.15, -0.1) is 10.2 Å². The van der Waals surface area contributed by atoms with Crippen LogP contribution in [0, 0.1) is 5.92 Å². The Kier molecular flexibility index (Phi) is 4.50. The molecule has 8 heteroatoms. The Morgan fingerprint density at radius 1 is 1.28 bits per heavy atom. The van der Waals surface area contributed by atoms with Gasteiger partial charge in [0.25, 0.3) is 0 Å². The molecule has 0 aliphatic carbocycles. The first-order chi connectivity index (χ1) is 14.1. The number of nitrogens with zero attached hydrogens (tertiary/aromatic N) is 5. The average Bonchev–Trinajstić information content (AvgIpc) is 3.49. The number of likely N-dealkylation sites (tertiary alicyclic amines) is 2. The molecule has 8 nitrogen and oxygen atoms in total. The minimum Gasteiger partial charge on any atom is -0.450 e. The molecule has 0 saturated carbocycles. The predicted octanol–water partition coefficient (Wildman–Crippen LogP) is 2.45. The first-order valence-corrected chi connectivity index (χ1v) is 10.2. The number of benzene rings is 1. The lowest BCUT2D eigenvalue weighted by Gasteiger charge is -2.26. The molecule has 3 atom stereocenters. The molecule has 3 unspecified atom stereocenters. The number of hydrogen-bond donors (Lipinski definition) is 1. The van der Waals surface area contributed by atoms with E-state index >= 15 is 0 Å². The molecule has 1 N–H and O–H groups in total. The van der Waals surface area contributed by atoms with Crippen LogP contribution in [0.5, 0.6) is 0 Å². The number of carbonyl (C=O) groups is 1. The van der Waals surface area contributed by atoms with E-state index in [4.69, 9.17) is 4.74 Å². The van der Waals surface area contributed by atoms with Crippen molar-refractivity contribution in [2.75, 3.05) is 26.7 Å². The standard InChI is InChI=1S/C21H26N6O2/c1-3-29-21(28)26-10-15-7-17(25(2)20(15)11-26)6-14-9-22-19-5-4-16(8-18(14)19)27-12-23-24-13-27/h4-5,8-9,12-13,15,17,20,22H,3,6-7,10-11H2,1-2H3. The van der Waals surface area contributed by atoms with Gasteiger partial charge < -0.3 is 14.6 Å². The van der Waals surface area contributed by atoms with Gasteiger partial charge in [0.15, 0.2) is 0 Å². The van der Waals surface area contributed by atoms with Gasteiger partial charge in [0, 0.05) is 48.0 Å². The maximum atomic E-state index is 12.1. The summed E-state index contributed by atoms with van der Waals surface area (Å²) < 4.78 is 7.10. The molecule has 4 heterocycles. The molecule has 2 aliphatic heterocycles. The molecule has 2 fully saturated rings. The summed E-state index contributed by atoms with van der Waals surface area (Å²) in [6, 6.07) is 7.28. The SMILES string of the molecule is CCOC(=O)N1CC2CC(Cc3c[nH]c4ccc(-n5cnnc5)cc34)N(C)C2C1. The fraction of sp³-hybridized carbons (Fsp3) is 0.476. The first-order valence-electron chi connectivity index (χ1n) is 10.2. The number of likely N-dealkylation sites (N-methyl/N-ethyl adjacent to an activating group) is 1. The van der Waals surface area contributed by atoms with Crippen molar-refractivity contribution in [2.45, 2.75) is 31.8 Å². The van der Waals surface area contributed by atoms with E-state index in [1.54, 1.807) is 12.7 Å². The smallest absolute Gasteiger partial charge is 0.409 e. The minimum absolute atomic E-state index is 0.176. The van der Waals surface area contributed by atoms with Gasteiger partial charge in [-0.25, -0.2) is 4.79 Å². The molecule has 0 bridgehead atoms. The number of carbonyl (C=O) groups excluding carboxylic acids is 1. The Labute approximate surface area is 169 Å². The van der Waals surface area contributed by atoms with Crippen LogP contribution in [-0.2, 0) is 11.2 Å². The molecular weight excluding hydrogens is 368 g/mol. The fourth-order valence-electron chi connectivity index (χ4n) is 5.01. The third kappa shape index (κ3) is 3.17. The van der Waals surface area contributed by atoms with Gasteiger partial charge in [-0.2, -0.15) is 0 Å². The monoisotopic (exact) mass is 394 g/mol. The fourth-order valence-corrected chi connectivity index (χ4v) is 5.01. The normalized spacial score (nSPS) is 24.3. The Morgan fingerprint density at radius 3 is 2.86 bits per heavy atom. The van der Waals surface area contributed by atoms with Crippen LogP contribution < -0.4 is 0 Å². The summed E-state index contributed by atoms with van der Waals surface area (Å²) in [6.45, 7) is 3.85. The molecule has 152 valence electrons. The lowest BCUT2D eigenvalue weighted by atomic mass is 9.98. The van der Waals surface area contributed by atoms with Crippen molar-refractivity contribution in [1.29, 1.82) is 0 Å². The highest BCUT2D eigenvalue weighted by Gasteiger charge is 2.46. The maximum Gasteiger partial charge on any atom is 0.409 e. The van der Waals surface area contributed by atoms with Crippen molar-refractivity contribution in [3.8, 4) is 5.69 Å². The van der Waals surface area contributed by atoms with Crippen molar-refractivity contribution >= 4 is 17.0 Å². The topological polar surface area (TPSA) is 79.3 Å². The van der Waals surface area contributed by atoms with Crippen LogP contribution in [0.1, 0.15) is 18.9 Å². The van der Waals surface area contributed by atoms with Crippen LogP contribution >= 0.6 is 0 Å². The van der Waals surface area contributed by atoms with Gasteiger partial charge >= 0.3 is 6.09 Å². The zero-order chi connectivity index (χ0) is 20.0. The molecule has 29 heavy (non-hydrogen) atoms. The van der Waals surface area contributed by atoms with Crippen LogP contribution in [0.3, 0.4) is 0 Å². The highest BCUT2D eigenvalue weighted by atomic mass is 16.6. The first kappa shape index (κ1) is 18.2. The van der Waals surface area contributed by atoms with E-state index in [9.17, 15) is 4.79 Å². The summed E-state index contributed by atoms with van der Waals surface area (Å²) in [4.78, 5) is 19.8. The number of fused-ring (bicyclic) bond motifs is 2. The molecule has 0 spiro atoms. The van der Waals surface area contributed by atoms with Crippen molar-refractivity contribution in [1.82, 2.24) is 29.5 Å². The largest absolute Gasteiger partial charge is 0.450 e. The van der Waals surface area contributed by atoms with Crippen molar-refractivity contribution in [3.63, 3.8) is 0 Å². The van der Waals surface area contributed by atoms with E-state index in [0.29, 0.717) is 24.6 Å².